The van der Waals surface area contributed by atoms with Gasteiger partial charge in [-0.25, -0.2) is 4.98 Å². The van der Waals surface area contributed by atoms with E-state index in [1.165, 1.54) is 0 Å². The predicted molar refractivity (Wildman–Crippen MR) is 116 cm³/mol. The number of aryl methyl sites for hydroxylation is 1. The fourth-order valence-electron chi connectivity index (χ4n) is 3.17. The van der Waals surface area contributed by atoms with Crippen LogP contribution >= 0.6 is 27.5 Å². The molecule has 0 aliphatic carbocycles. The second-order valence-corrected chi connectivity index (χ2v) is 7.89. The van der Waals surface area contributed by atoms with Gasteiger partial charge in [-0.1, -0.05) is 40.5 Å². The van der Waals surface area contributed by atoms with Gasteiger partial charge in [0.05, 0.1) is 24.2 Å². The van der Waals surface area contributed by atoms with Crippen molar-refractivity contribution in [3.63, 3.8) is 0 Å². The minimum Gasteiger partial charge on any atom is -0.383 e. The third-order valence-electron chi connectivity index (χ3n) is 4.49. The summed E-state index contributed by atoms with van der Waals surface area (Å²) in [5.41, 5.74) is 2.51. The predicted octanol–water partition coefficient (Wildman–Crippen LogP) is 5.15. The van der Waals surface area contributed by atoms with E-state index in [2.05, 4.69) is 27.4 Å². The Morgan fingerprint density at radius 3 is 2.82 bits per heavy atom. The number of methoxy groups -OCH3 is 1. The number of halogens is 2. The van der Waals surface area contributed by atoms with Crippen LogP contribution in [0.2, 0.25) is 5.02 Å². The Bertz CT molecular complexity index is 973. The van der Waals surface area contributed by atoms with Crippen LogP contribution in [0.15, 0.2) is 46.9 Å². The maximum Gasteiger partial charge on any atom is 0.254 e. The van der Waals surface area contributed by atoms with E-state index in [0.29, 0.717) is 30.3 Å². The Labute approximate surface area is 178 Å². The van der Waals surface area contributed by atoms with Gasteiger partial charge in [0.25, 0.3) is 5.91 Å². The second-order valence-electron chi connectivity index (χ2n) is 6.54. The van der Waals surface area contributed by atoms with E-state index < -0.39 is 0 Å². The van der Waals surface area contributed by atoms with Crippen molar-refractivity contribution in [3.05, 3.63) is 63.3 Å². The number of rotatable bonds is 8. The van der Waals surface area contributed by atoms with Gasteiger partial charge in [-0.2, -0.15) is 0 Å². The molecule has 2 aromatic carbocycles. The summed E-state index contributed by atoms with van der Waals surface area (Å²) in [6, 6.07) is 13.1. The van der Waals surface area contributed by atoms with Gasteiger partial charge in [0.15, 0.2) is 0 Å². The zero-order valence-electron chi connectivity index (χ0n) is 16.0. The summed E-state index contributed by atoms with van der Waals surface area (Å²) in [6.45, 7) is 4.28. The summed E-state index contributed by atoms with van der Waals surface area (Å²) in [6.07, 6.45) is 0.961. The number of ether oxygens (including phenoxy) is 1. The van der Waals surface area contributed by atoms with Crippen molar-refractivity contribution in [1.29, 1.82) is 0 Å². The van der Waals surface area contributed by atoms with Crippen LogP contribution in [0.1, 0.15) is 29.5 Å². The highest BCUT2D eigenvalue weighted by Crippen LogP contribution is 2.23. The Morgan fingerprint density at radius 1 is 1.29 bits per heavy atom. The monoisotopic (exact) mass is 463 g/mol. The van der Waals surface area contributed by atoms with Crippen molar-refractivity contribution < 1.29 is 9.53 Å². The molecule has 0 unspecified atom stereocenters. The Hall–Kier alpha value is -1.89. The van der Waals surface area contributed by atoms with Crippen molar-refractivity contribution in [2.24, 2.45) is 0 Å². The minimum atomic E-state index is -0.0495. The zero-order valence-corrected chi connectivity index (χ0v) is 18.3. The molecule has 7 heteroatoms. The molecule has 1 amide bonds. The molecule has 5 nitrogen and oxygen atoms in total. The third-order valence-corrected chi connectivity index (χ3v) is 5.22. The number of hydrogen-bond donors (Lipinski definition) is 0. The van der Waals surface area contributed by atoms with E-state index in [0.717, 1.165) is 34.3 Å². The van der Waals surface area contributed by atoms with Crippen molar-refractivity contribution in [2.45, 2.75) is 26.4 Å². The first-order valence-electron chi connectivity index (χ1n) is 9.22. The average Bonchev–Trinajstić information content (AvgIpc) is 3.01. The molecule has 0 aliphatic rings. The van der Waals surface area contributed by atoms with Crippen LogP contribution in [-0.2, 0) is 17.8 Å². The number of hydrogen-bond acceptors (Lipinski definition) is 3. The van der Waals surface area contributed by atoms with Gasteiger partial charge >= 0.3 is 0 Å². The first-order valence-corrected chi connectivity index (χ1v) is 10.4. The lowest BCUT2D eigenvalue weighted by Gasteiger charge is -2.23. The summed E-state index contributed by atoms with van der Waals surface area (Å²) in [5.74, 6) is 0.796. The SMILES string of the molecule is CCCn1c(CN(CCOC)C(=O)c2cccc(Br)c2)nc2ccc(Cl)cc21. The molecular formula is C21H23BrClN3O2. The summed E-state index contributed by atoms with van der Waals surface area (Å²) in [5, 5.41) is 0.678. The van der Waals surface area contributed by atoms with Gasteiger partial charge < -0.3 is 14.2 Å². The highest BCUT2D eigenvalue weighted by molar-refractivity contribution is 9.10. The maximum absolute atomic E-state index is 13.1. The number of benzene rings is 2. The van der Waals surface area contributed by atoms with Crippen molar-refractivity contribution >= 4 is 44.5 Å². The molecule has 0 bridgehead atoms. The summed E-state index contributed by atoms with van der Waals surface area (Å²) >= 11 is 9.63. The lowest BCUT2D eigenvalue weighted by Crippen LogP contribution is -2.34. The standard InChI is InChI=1S/C21H23BrClN3O2/c1-3-9-26-19-13-17(23)7-8-18(19)24-20(26)14-25(10-11-28-2)21(27)15-5-4-6-16(22)12-15/h4-8,12-13H,3,9-11,14H2,1-2H3. The largest absolute Gasteiger partial charge is 0.383 e. The van der Waals surface area contributed by atoms with Crippen LogP contribution in [0, 0.1) is 0 Å². The number of imidazole rings is 1. The van der Waals surface area contributed by atoms with Crippen LogP contribution in [-0.4, -0.2) is 40.6 Å². The van der Waals surface area contributed by atoms with E-state index in [9.17, 15) is 4.79 Å². The highest BCUT2D eigenvalue weighted by atomic mass is 79.9. The van der Waals surface area contributed by atoms with Crippen LogP contribution in [0.4, 0.5) is 0 Å². The maximum atomic E-state index is 13.1. The summed E-state index contributed by atoms with van der Waals surface area (Å²) in [7, 11) is 1.64. The van der Waals surface area contributed by atoms with Gasteiger partial charge in [0, 0.05) is 35.3 Å². The molecule has 3 aromatic rings. The number of carbonyl (C=O) groups excluding carboxylic acids is 1. The number of amides is 1. The number of aromatic nitrogens is 2. The fourth-order valence-corrected chi connectivity index (χ4v) is 3.73. The molecule has 1 aromatic heterocycles. The molecule has 0 spiro atoms. The van der Waals surface area contributed by atoms with Gasteiger partial charge in [0.1, 0.15) is 5.82 Å². The molecule has 28 heavy (non-hydrogen) atoms. The van der Waals surface area contributed by atoms with Crippen LogP contribution < -0.4 is 0 Å². The van der Waals surface area contributed by atoms with E-state index in [4.69, 9.17) is 21.3 Å². The van der Waals surface area contributed by atoms with Gasteiger partial charge in [0.2, 0.25) is 0 Å². The highest BCUT2D eigenvalue weighted by Gasteiger charge is 2.20. The fraction of sp³-hybridized carbons (Fsp3) is 0.333. The Balaban J connectivity index is 1.96. The molecule has 0 saturated heterocycles. The van der Waals surface area contributed by atoms with Crippen LogP contribution in [0.25, 0.3) is 11.0 Å². The van der Waals surface area contributed by atoms with Gasteiger partial charge in [-0.3, -0.25) is 4.79 Å². The molecule has 0 aliphatic heterocycles. The molecule has 0 fully saturated rings. The average molecular weight is 465 g/mol. The van der Waals surface area contributed by atoms with Gasteiger partial charge in [-0.15, -0.1) is 0 Å². The third kappa shape index (κ3) is 4.74. The Morgan fingerprint density at radius 2 is 2.11 bits per heavy atom. The van der Waals surface area contributed by atoms with Crippen LogP contribution in [0.3, 0.4) is 0 Å². The first-order chi connectivity index (χ1) is 13.5. The number of carbonyl (C=O) groups is 1. The lowest BCUT2D eigenvalue weighted by atomic mass is 10.2. The zero-order chi connectivity index (χ0) is 20.1. The second kappa shape index (κ2) is 9.54. The first kappa shape index (κ1) is 20.8. The normalized spacial score (nSPS) is 11.1. The topological polar surface area (TPSA) is 47.4 Å². The number of fused-ring (bicyclic) bond motifs is 1. The van der Waals surface area contributed by atoms with E-state index >= 15 is 0 Å². The molecular weight excluding hydrogens is 442 g/mol. The van der Waals surface area contributed by atoms with E-state index in [1.54, 1.807) is 12.0 Å². The molecule has 0 N–H and O–H groups in total. The van der Waals surface area contributed by atoms with Crippen molar-refractivity contribution in [3.8, 4) is 0 Å². The lowest BCUT2D eigenvalue weighted by molar-refractivity contribution is 0.0673. The quantitative estimate of drug-likeness (QED) is 0.463. The molecule has 3 rings (SSSR count). The minimum absolute atomic E-state index is 0.0495. The number of nitrogens with zero attached hydrogens (tertiary/aromatic N) is 3. The molecule has 0 saturated carbocycles. The molecule has 0 atom stereocenters. The summed E-state index contributed by atoms with van der Waals surface area (Å²) < 4.78 is 8.25. The van der Waals surface area contributed by atoms with E-state index in [1.807, 2.05) is 42.5 Å². The Kier molecular flexibility index (Phi) is 7.10. The van der Waals surface area contributed by atoms with Crippen molar-refractivity contribution in [1.82, 2.24) is 14.5 Å². The van der Waals surface area contributed by atoms with E-state index in [-0.39, 0.29) is 5.91 Å². The molecule has 0 radical (unpaired) electrons. The molecule has 1 heterocycles. The van der Waals surface area contributed by atoms with Crippen molar-refractivity contribution in [2.75, 3.05) is 20.3 Å². The molecule has 148 valence electrons. The smallest absolute Gasteiger partial charge is 0.254 e. The van der Waals surface area contributed by atoms with Gasteiger partial charge in [-0.05, 0) is 42.8 Å². The van der Waals surface area contributed by atoms with Crippen LogP contribution in [0.5, 0.6) is 0 Å². The summed E-state index contributed by atoms with van der Waals surface area (Å²) in [4.78, 5) is 19.7.